The van der Waals surface area contributed by atoms with Gasteiger partial charge >= 0.3 is 0 Å². The van der Waals surface area contributed by atoms with Gasteiger partial charge in [-0.05, 0) is 54.2 Å². The minimum absolute atomic E-state index is 0.116. The van der Waals surface area contributed by atoms with Crippen LogP contribution in [0.2, 0.25) is 0 Å². The van der Waals surface area contributed by atoms with Gasteiger partial charge in [0.1, 0.15) is 17.6 Å². The highest BCUT2D eigenvalue weighted by Crippen LogP contribution is 2.32. The Morgan fingerprint density at radius 2 is 1.67 bits per heavy atom. The van der Waals surface area contributed by atoms with Gasteiger partial charge in [0.25, 0.3) is 0 Å². The zero-order valence-corrected chi connectivity index (χ0v) is 13.3. The van der Waals surface area contributed by atoms with E-state index in [9.17, 15) is 5.26 Å². The number of hydrogen-bond acceptors (Lipinski definition) is 2. The fourth-order valence-electron chi connectivity index (χ4n) is 2.16. The first kappa shape index (κ1) is 15.1. The molecule has 2 aromatic carbocycles. The SMILES string of the molecule is Cc1ccc(C#N)c(Oc2ccc(C(C)(C)C)cc2C)c1. The van der Waals surface area contributed by atoms with Crippen molar-refractivity contribution in [1.29, 1.82) is 5.26 Å². The van der Waals surface area contributed by atoms with Crippen LogP contribution in [0.1, 0.15) is 43.0 Å². The van der Waals surface area contributed by atoms with Crippen LogP contribution in [0.25, 0.3) is 0 Å². The predicted molar refractivity (Wildman–Crippen MR) is 85.8 cm³/mol. The minimum Gasteiger partial charge on any atom is -0.456 e. The Morgan fingerprint density at radius 1 is 0.952 bits per heavy atom. The molecule has 0 fully saturated rings. The van der Waals surface area contributed by atoms with E-state index < -0.39 is 0 Å². The van der Waals surface area contributed by atoms with Crippen molar-refractivity contribution in [3.8, 4) is 17.6 Å². The summed E-state index contributed by atoms with van der Waals surface area (Å²) in [5, 5.41) is 9.18. The summed E-state index contributed by atoms with van der Waals surface area (Å²) in [6, 6.07) is 14.0. The first-order valence-corrected chi connectivity index (χ1v) is 7.11. The minimum atomic E-state index is 0.116. The van der Waals surface area contributed by atoms with Crippen LogP contribution in [0.15, 0.2) is 36.4 Å². The van der Waals surface area contributed by atoms with E-state index in [-0.39, 0.29) is 5.41 Å². The Balaban J connectivity index is 2.37. The topological polar surface area (TPSA) is 33.0 Å². The molecule has 0 N–H and O–H groups in total. The lowest BCUT2D eigenvalue weighted by Crippen LogP contribution is -2.11. The van der Waals surface area contributed by atoms with E-state index in [1.54, 1.807) is 6.07 Å². The van der Waals surface area contributed by atoms with E-state index >= 15 is 0 Å². The van der Waals surface area contributed by atoms with Crippen molar-refractivity contribution in [2.24, 2.45) is 0 Å². The molecule has 2 nitrogen and oxygen atoms in total. The second kappa shape index (κ2) is 5.61. The molecule has 0 unspecified atom stereocenters. The zero-order valence-electron chi connectivity index (χ0n) is 13.3. The smallest absolute Gasteiger partial charge is 0.145 e. The van der Waals surface area contributed by atoms with Crippen LogP contribution >= 0.6 is 0 Å². The summed E-state index contributed by atoms with van der Waals surface area (Å²) in [7, 11) is 0. The lowest BCUT2D eigenvalue weighted by molar-refractivity contribution is 0.475. The zero-order chi connectivity index (χ0) is 15.6. The van der Waals surface area contributed by atoms with E-state index in [4.69, 9.17) is 4.74 Å². The number of rotatable bonds is 2. The molecule has 0 saturated heterocycles. The number of nitrogens with zero attached hydrogens (tertiary/aromatic N) is 1. The van der Waals surface area contributed by atoms with Gasteiger partial charge in [-0.2, -0.15) is 5.26 Å². The highest BCUT2D eigenvalue weighted by Gasteiger charge is 2.15. The summed E-state index contributed by atoms with van der Waals surface area (Å²) >= 11 is 0. The van der Waals surface area contributed by atoms with Crippen molar-refractivity contribution in [1.82, 2.24) is 0 Å². The number of ether oxygens (including phenoxy) is 1. The average Bonchev–Trinajstić information content (AvgIpc) is 2.40. The lowest BCUT2D eigenvalue weighted by Gasteiger charge is -2.20. The maximum atomic E-state index is 9.18. The van der Waals surface area contributed by atoms with Crippen LogP contribution in [0, 0.1) is 25.2 Å². The highest BCUT2D eigenvalue weighted by atomic mass is 16.5. The van der Waals surface area contributed by atoms with Crippen LogP contribution in [-0.2, 0) is 5.41 Å². The van der Waals surface area contributed by atoms with Crippen molar-refractivity contribution in [3.05, 3.63) is 58.7 Å². The Morgan fingerprint density at radius 3 is 2.24 bits per heavy atom. The van der Waals surface area contributed by atoms with Gasteiger partial charge in [-0.3, -0.25) is 0 Å². The van der Waals surface area contributed by atoms with Gasteiger partial charge in [0.2, 0.25) is 0 Å². The molecule has 0 radical (unpaired) electrons. The summed E-state index contributed by atoms with van der Waals surface area (Å²) in [6.07, 6.45) is 0. The Hall–Kier alpha value is -2.27. The predicted octanol–water partition coefficient (Wildman–Crippen LogP) is 5.26. The molecule has 0 atom stereocenters. The van der Waals surface area contributed by atoms with Gasteiger partial charge in [-0.15, -0.1) is 0 Å². The van der Waals surface area contributed by atoms with Gasteiger partial charge < -0.3 is 4.74 Å². The molecule has 0 amide bonds. The molecule has 108 valence electrons. The summed E-state index contributed by atoms with van der Waals surface area (Å²) in [4.78, 5) is 0. The molecule has 0 aliphatic heterocycles. The number of aryl methyl sites for hydroxylation is 2. The Bertz CT molecular complexity index is 702. The molecule has 2 rings (SSSR count). The van der Waals surface area contributed by atoms with E-state index in [0.29, 0.717) is 11.3 Å². The normalized spacial score (nSPS) is 11.0. The van der Waals surface area contributed by atoms with Crippen molar-refractivity contribution in [2.45, 2.75) is 40.0 Å². The molecule has 2 heteroatoms. The van der Waals surface area contributed by atoms with E-state index in [0.717, 1.165) is 16.9 Å². The third-order valence-corrected chi connectivity index (χ3v) is 3.52. The number of nitriles is 1. The molecular weight excluding hydrogens is 258 g/mol. The van der Waals surface area contributed by atoms with Crippen molar-refractivity contribution < 1.29 is 4.74 Å². The van der Waals surface area contributed by atoms with Crippen LogP contribution in [0.4, 0.5) is 0 Å². The second-order valence-electron chi connectivity index (χ2n) is 6.44. The molecule has 0 aliphatic rings. The summed E-state index contributed by atoms with van der Waals surface area (Å²) < 4.78 is 5.96. The third-order valence-electron chi connectivity index (χ3n) is 3.52. The Kier molecular flexibility index (Phi) is 4.04. The van der Waals surface area contributed by atoms with Gasteiger partial charge in [0, 0.05) is 0 Å². The van der Waals surface area contributed by atoms with Crippen molar-refractivity contribution >= 4 is 0 Å². The molecule has 0 heterocycles. The molecule has 0 bridgehead atoms. The molecule has 0 saturated carbocycles. The second-order valence-corrected chi connectivity index (χ2v) is 6.44. The van der Waals surface area contributed by atoms with Crippen molar-refractivity contribution in [2.75, 3.05) is 0 Å². The maximum Gasteiger partial charge on any atom is 0.145 e. The number of benzene rings is 2. The van der Waals surface area contributed by atoms with Crippen LogP contribution < -0.4 is 4.74 Å². The highest BCUT2D eigenvalue weighted by molar-refractivity contribution is 5.49. The van der Waals surface area contributed by atoms with Crippen LogP contribution in [0.5, 0.6) is 11.5 Å². The molecule has 0 spiro atoms. The van der Waals surface area contributed by atoms with Gasteiger partial charge in [-0.1, -0.05) is 39.0 Å². The molecule has 0 aliphatic carbocycles. The standard InChI is InChI=1S/C19H21NO/c1-13-6-7-15(12-20)18(10-13)21-17-9-8-16(11-14(17)2)19(3,4)5/h6-11H,1-5H3. The van der Waals surface area contributed by atoms with Gasteiger partial charge in [-0.25, -0.2) is 0 Å². The molecule has 21 heavy (non-hydrogen) atoms. The van der Waals surface area contributed by atoms with Gasteiger partial charge in [0.15, 0.2) is 0 Å². The maximum absolute atomic E-state index is 9.18. The lowest BCUT2D eigenvalue weighted by atomic mass is 9.86. The summed E-state index contributed by atoms with van der Waals surface area (Å²) in [5.41, 5.74) is 4.10. The summed E-state index contributed by atoms with van der Waals surface area (Å²) in [5.74, 6) is 1.41. The first-order valence-electron chi connectivity index (χ1n) is 7.11. The van der Waals surface area contributed by atoms with Crippen molar-refractivity contribution in [3.63, 3.8) is 0 Å². The monoisotopic (exact) mass is 279 g/mol. The average molecular weight is 279 g/mol. The van der Waals surface area contributed by atoms with E-state index in [1.165, 1.54) is 5.56 Å². The largest absolute Gasteiger partial charge is 0.456 e. The fourth-order valence-corrected chi connectivity index (χ4v) is 2.16. The van der Waals surface area contributed by atoms with E-state index in [2.05, 4.69) is 39.0 Å². The third kappa shape index (κ3) is 3.44. The Labute approximate surface area is 127 Å². The van der Waals surface area contributed by atoms with Gasteiger partial charge in [0.05, 0.1) is 5.56 Å². The fraction of sp³-hybridized carbons (Fsp3) is 0.316. The molecular formula is C19H21NO. The quantitative estimate of drug-likeness (QED) is 0.750. The van der Waals surface area contributed by atoms with Crippen LogP contribution in [-0.4, -0.2) is 0 Å². The number of hydrogen-bond donors (Lipinski definition) is 0. The van der Waals surface area contributed by atoms with Crippen LogP contribution in [0.3, 0.4) is 0 Å². The first-order chi connectivity index (χ1) is 9.81. The molecule has 0 aromatic heterocycles. The summed E-state index contributed by atoms with van der Waals surface area (Å²) in [6.45, 7) is 10.6. The van der Waals surface area contributed by atoms with E-state index in [1.807, 2.05) is 32.0 Å². The molecule has 2 aromatic rings.